The van der Waals surface area contributed by atoms with Crippen molar-refractivity contribution in [2.24, 2.45) is 5.92 Å². The van der Waals surface area contributed by atoms with Gasteiger partial charge in [0.2, 0.25) is 11.8 Å². The van der Waals surface area contributed by atoms with Gasteiger partial charge in [0.05, 0.1) is 7.11 Å². The fourth-order valence-corrected chi connectivity index (χ4v) is 2.33. The Morgan fingerprint density at radius 1 is 1.12 bits per heavy atom. The van der Waals surface area contributed by atoms with Gasteiger partial charge in [0, 0.05) is 18.4 Å². The summed E-state index contributed by atoms with van der Waals surface area (Å²) in [5.74, 6) is -1.41. The van der Waals surface area contributed by atoms with E-state index in [2.05, 4.69) is 10.6 Å². The highest BCUT2D eigenvalue weighted by molar-refractivity contribution is 6.30. The fourth-order valence-electron chi connectivity index (χ4n) is 2.21. The summed E-state index contributed by atoms with van der Waals surface area (Å²) in [7, 11) is 1.26. The average molecular weight is 355 g/mol. The first kappa shape index (κ1) is 20.0. The Kier molecular flexibility index (Phi) is 7.71. The monoisotopic (exact) mass is 354 g/mol. The summed E-state index contributed by atoms with van der Waals surface area (Å²) in [5.41, 5.74) is 0.829. The molecule has 0 spiro atoms. The second-order valence-corrected chi connectivity index (χ2v) is 6.27. The molecule has 0 aliphatic heterocycles. The van der Waals surface area contributed by atoms with Crippen LogP contribution in [-0.4, -0.2) is 37.0 Å². The first-order valence-electron chi connectivity index (χ1n) is 7.64. The summed E-state index contributed by atoms with van der Waals surface area (Å²) < 4.78 is 4.76. The highest BCUT2D eigenvalue weighted by atomic mass is 35.5. The zero-order valence-electron chi connectivity index (χ0n) is 14.3. The highest BCUT2D eigenvalue weighted by Crippen LogP contribution is 2.12. The lowest BCUT2D eigenvalue weighted by Crippen LogP contribution is -2.54. The molecule has 2 N–H and O–H groups in total. The van der Waals surface area contributed by atoms with Crippen LogP contribution >= 0.6 is 11.6 Å². The minimum Gasteiger partial charge on any atom is -0.467 e. The van der Waals surface area contributed by atoms with Gasteiger partial charge in [-0.3, -0.25) is 9.59 Å². The zero-order chi connectivity index (χ0) is 18.3. The van der Waals surface area contributed by atoms with E-state index >= 15 is 0 Å². The number of nitrogens with one attached hydrogen (secondary N) is 2. The van der Waals surface area contributed by atoms with Crippen LogP contribution in [0.2, 0.25) is 5.02 Å². The maximum atomic E-state index is 12.4. The Balaban J connectivity index is 2.88. The molecule has 6 nitrogen and oxygen atoms in total. The summed E-state index contributed by atoms with van der Waals surface area (Å²) >= 11 is 5.85. The van der Waals surface area contributed by atoms with E-state index in [0.29, 0.717) is 5.02 Å². The predicted octanol–water partition coefficient (Wildman–Crippen LogP) is 1.70. The normalized spacial score (nSPS) is 13.1. The molecule has 0 aliphatic carbocycles. The van der Waals surface area contributed by atoms with Gasteiger partial charge in [-0.1, -0.05) is 37.6 Å². The summed E-state index contributed by atoms with van der Waals surface area (Å²) in [6.45, 7) is 4.97. The molecule has 0 aromatic heterocycles. The van der Waals surface area contributed by atoms with E-state index in [1.54, 1.807) is 24.3 Å². The number of hydrogen-bond donors (Lipinski definition) is 2. The molecular formula is C17H23ClN2O4. The third kappa shape index (κ3) is 6.20. The van der Waals surface area contributed by atoms with Crippen molar-refractivity contribution >= 4 is 29.4 Å². The first-order valence-corrected chi connectivity index (χ1v) is 8.02. The standard InChI is InChI=1S/C17H23ClN2O4/c1-10(2)15(19-11(3)21)16(22)20-14(17(23)24-4)9-12-5-7-13(18)8-6-12/h5-8,10,14-15H,9H2,1-4H3,(H,19,21)(H,20,22)/t14-,15+/m0/s1. The molecule has 0 saturated heterocycles. The van der Waals surface area contributed by atoms with Gasteiger partial charge in [-0.05, 0) is 23.6 Å². The zero-order valence-corrected chi connectivity index (χ0v) is 15.0. The molecule has 2 atom stereocenters. The minimum atomic E-state index is -0.848. The van der Waals surface area contributed by atoms with Crippen molar-refractivity contribution in [3.05, 3.63) is 34.9 Å². The van der Waals surface area contributed by atoms with E-state index in [9.17, 15) is 14.4 Å². The lowest BCUT2D eigenvalue weighted by atomic mass is 10.0. The van der Waals surface area contributed by atoms with Crippen LogP contribution in [-0.2, 0) is 25.5 Å². The van der Waals surface area contributed by atoms with Crippen molar-refractivity contribution in [2.45, 2.75) is 39.3 Å². The molecule has 0 bridgehead atoms. The number of hydrogen-bond acceptors (Lipinski definition) is 4. The Hall–Kier alpha value is -2.08. The minimum absolute atomic E-state index is 0.122. The molecule has 0 unspecified atom stereocenters. The molecule has 1 rings (SSSR count). The molecule has 1 aromatic rings. The molecule has 132 valence electrons. The smallest absolute Gasteiger partial charge is 0.328 e. The number of halogens is 1. The number of carbonyl (C=O) groups excluding carboxylic acids is 3. The fraction of sp³-hybridized carbons (Fsp3) is 0.471. The highest BCUT2D eigenvalue weighted by Gasteiger charge is 2.28. The van der Waals surface area contributed by atoms with Crippen LogP contribution in [0, 0.1) is 5.92 Å². The van der Waals surface area contributed by atoms with Crippen LogP contribution in [0.5, 0.6) is 0 Å². The van der Waals surface area contributed by atoms with Gasteiger partial charge in [-0.25, -0.2) is 4.79 Å². The summed E-state index contributed by atoms with van der Waals surface area (Å²) in [6.07, 6.45) is 0.264. The van der Waals surface area contributed by atoms with Crippen LogP contribution in [0.4, 0.5) is 0 Å². The van der Waals surface area contributed by atoms with Gasteiger partial charge >= 0.3 is 5.97 Å². The van der Waals surface area contributed by atoms with Crippen molar-refractivity contribution < 1.29 is 19.1 Å². The van der Waals surface area contributed by atoms with E-state index < -0.39 is 24.0 Å². The van der Waals surface area contributed by atoms with E-state index in [1.165, 1.54) is 14.0 Å². The van der Waals surface area contributed by atoms with Crippen molar-refractivity contribution in [1.29, 1.82) is 0 Å². The third-order valence-corrected chi connectivity index (χ3v) is 3.72. The van der Waals surface area contributed by atoms with Gasteiger partial charge < -0.3 is 15.4 Å². The van der Waals surface area contributed by atoms with Crippen molar-refractivity contribution in [2.75, 3.05) is 7.11 Å². The molecule has 0 saturated carbocycles. The molecule has 24 heavy (non-hydrogen) atoms. The molecule has 7 heteroatoms. The van der Waals surface area contributed by atoms with E-state index in [1.807, 2.05) is 13.8 Å². The Labute approximate surface area is 146 Å². The third-order valence-electron chi connectivity index (χ3n) is 3.46. The summed E-state index contributed by atoms with van der Waals surface area (Å²) in [5, 5.41) is 5.83. The second-order valence-electron chi connectivity index (χ2n) is 5.84. The lowest BCUT2D eigenvalue weighted by molar-refractivity contribution is -0.145. The predicted molar refractivity (Wildman–Crippen MR) is 91.5 cm³/mol. The van der Waals surface area contributed by atoms with Crippen LogP contribution in [0.15, 0.2) is 24.3 Å². The van der Waals surface area contributed by atoms with Crippen LogP contribution in [0.3, 0.4) is 0 Å². The Morgan fingerprint density at radius 2 is 1.71 bits per heavy atom. The molecule has 0 radical (unpaired) electrons. The number of amides is 2. The van der Waals surface area contributed by atoms with Crippen molar-refractivity contribution in [3.63, 3.8) is 0 Å². The lowest BCUT2D eigenvalue weighted by Gasteiger charge is -2.24. The number of benzene rings is 1. The number of methoxy groups -OCH3 is 1. The quantitative estimate of drug-likeness (QED) is 0.730. The van der Waals surface area contributed by atoms with Crippen molar-refractivity contribution in [1.82, 2.24) is 10.6 Å². The molecular weight excluding hydrogens is 332 g/mol. The van der Waals surface area contributed by atoms with Gasteiger partial charge in [-0.15, -0.1) is 0 Å². The summed E-state index contributed by atoms with van der Waals surface area (Å²) in [4.78, 5) is 35.7. The van der Waals surface area contributed by atoms with E-state index in [0.717, 1.165) is 5.56 Å². The largest absolute Gasteiger partial charge is 0.467 e. The topological polar surface area (TPSA) is 84.5 Å². The molecule has 1 aromatic carbocycles. The van der Waals surface area contributed by atoms with Gasteiger partial charge in [0.1, 0.15) is 12.1 Å². The molecule has 0 heterocycles. The van der Waals surface area contributed by atoms with E-state index in [4.69, 9.17) is 16.3 Å². The number of ether oxygens (including phenoxy) is 1. The van der Waals surface area contributed by atoms with Gasteiger partial charge in [0.25, 0.3) is 0 Å². The average Bonchev–Trinajstić information content (AvgIpc) is 2.52. The SMILES string of the molecule is COC(=O)[C@H](Cc1ccc(Cl)cc1)NC(=O)[C@H](NC(C)=O)C(C)C. The number of esters is 1. The summed E-state index contributed by atoms with van der Waals surface area (Å²) in [6, 6.07) is 5.40. The Bertz CT molecular complexity index is 587. The maximum Gasteiger partial charge on any atom is 0.328 e. The van der Waals surface area contributed by atoms with Gasteiger partial charge in [0.15, 0.2) is 0 Å². The molecule has 0 aliphatic rings. The second kappa shape index (κ2) is 9.27. The molecule has 0 fully saturated rings. The van der Waals surface area contributed by atoms with Gasteiger partial charge in [-0.2, -0.15) is 0 Å². The van der Waals surface area contributed by atoms with E-state index in [-0.39, 0.29) is 18.2 Å². The van der Waals surface area contributed by atoms with Crippen LogP contribution in [0.25, 0.3) is 0 Å². The van der Waals surface area contributed by atoms with Crippen LogP contribution < -0.4 is 10.6 Å². The molecule has 2 amide bonds. The van der Waals surface area contributed by atoms with Crippen molar-refractivity contribution in [3.8, 4) is 0 Å². The van der Waals surface area contributed by atoms with Crippen LogP contribution in [0.1, 0.15) is 26.3 Å². The number of carbonyl (C=O) groups is 3. The Morgan fingerprint density at radius 3 is 2.17 bits per heavy atom. The maximum absolute atomic E-state index is 12.4. The number of rotatable bonds is 7. The first-order chi connectivity index (χ1) is 11.2.